The summed E-state index contributed by atoms with van der Waals surface area (Å²) in [6.45, 7) is 1.19. The number of carbonyl (C=O) groups is 1. The Morgan fingerprint density at radius 2 is 1.90 bits per heavy atom. The summed E-state index contributed by atoms with van der Waals surface area (Å²) in [4.78, 5) is 14.3. The van der Waals surface area contributed by atoms with Gasteiger partial charge in [0.05, 0.1) is 11.9 Å². The number of hydrogen-bond donors (Lipinski definition) is 3. The van der Waals surface area contributed by atoms with Crippen LogP contribution in [0.2, 0.25) is 0 Å². The van der Waals surface area contributed by atoms with Crippen LogP contribution in [0.3, 0.4) is 0 Å². The molecule has 0 spiro atoms. The van der Waals surface area contributed by atoms with Crippen molar-refractivity contribution in [3.05, 3.63) is 71.5 Å². The summed E-state index contributed by atoms with van der Waals surface area (Å²) in [6, 6.07) is 16.2. The number of fused-ring (bicyclic) bond motifs is 2. The summed E-state index contributed by atoms with van der Waals surface area (Å²) in [5.41, 5.74) is 2.03. The van der Waals surface area contributed by atoms with E-state index in [0.717, 1.165) is 16.2 Å². The van der Waals surface area contributed by atoms with E-state index in [1.165, 1.54) is 10.1 Å². The van der Waals surface area contributed by atoms with Crippen LogP contribution < -0.4 is 5.32 Å². The van der Waals surface area contributed by atoms with E-state index in [9.17, 15) is 18.3 Å². The lowest BCUT2D eigenvalue weighted by atomic mass is 10.2. The lowest BCUT2D eigenvalue weighted by Gasteiger charge is -2.10. The number of alkyl halides is 3. The first-order chi connectivity index (χ1) is 14.3. The van der Waals surface area contributed by atoms with Crippen molar-refractivity contribution in [1.29, 1.82) is 0 Å². The molecule has 3 aromatic heterocycles. The van der Waals surface area contributed by atoms with E-state index < -0.39 is 18.2 Å². The molecule has 3 heterocycles. The van der Waals surface area contributed by atoms with E-state index in [1.54, 1.807) is 11.3 Å². The highest BCUT2D eigenvalue weighted by atomic mass is 32.1. The molecule has 158 valence electrons. The van der Waals surface area contributed by atoms with Gasteiger partial charge in [-0.1, -0.05) is 24.3 Å². The zero-order valence-electron chi connectivity index (χ0n) is 15.5. The number of pyridine rings is 1. The number of carboxylic acid groups (broad SMARTS) is 1. The monoisotopic (exact) mass is 437 g/mol. The maximum absolute atomic E-state index is 10.6. The van der Waals surface area contributed by atoms with Gasteiger partial charge in [0.25, 0.3) is 0 Å². The van der Waals surface area contributed by atoms with Gasteiger partial charge in [-0.15, -0.1) is 11.3 Å². The van der Waals surface area contributed by atoms with Gasteiger partial charge in [-0.2, -0.15) is 13.2 Å². The molecule has 4 aromatic rings. The van der Waals surface area contributed by atoms with Gasteiger partial charge >= 0.3 is 12.1 Å². The predicted octanol–water partition coefficient (Wildman–Crippen LogP) is 4.01. The lowest BCUT2D eigenvalue weighted by Crippen LogP contribution is -2.21. The fraction of sp³-hybridized carbons (Fsp3) is 0.200. The minimum atomic E-state index is -5.08. The summed E-state index contributed by atoms with van der Waals surface area (Å²) in [7, 11) is 0. The molecule has 0 aliphatic rings. The standard InChI is InChI=1S/C18H17N3OS.C2HF3O2/c22-15(17-9-13-5-1-2-6-16(13)23-17)12-19-10-14-11-20-18-7-3-4-8-21(14)18;3-2(4,5)1(6)7/h1-9,11,15,19,22H,10,12H2;(H,6,7). The average Bonchev–Trinajstić information content (AvgIpc) is 3.32. The molecule has 0 aliphatic carbocycles. The Labute approximate surface area is 173 Å². The number of aliphatic hydroxyl groups excluding tert-OH is 1. The summed E-state index contributed by atoms with van der Waals surface area (Å²) in [6.07, 6.45) is -1.71. The highest BCUT2D eigenvalue weighted by molar-refractivity contribution is 7.19. The minimum absolute atomic E-state index is 0.494. The molecule has 1 unspecified atom stereocenters. The molecular formula is C20H18F3N3O3S. The van der Waals surface area contributed by atoms with E-state index in [-0.39, 0.29) is 0 Å². The van der Waals surface area contributed by atoms with Crippen LogP contribution in [0.15, 0.2) is 60.9 Å². The number of carboxylic acids is 1. The third-order valence-corrected chi connectivity index (χ3v) is 5.37. The van der Waals surface area contributed by atoms with Crippen molar-refractivity contribution in [3.63, 3.8) is 0 Å². The Balaban J connectivity index is 0.000000318. The van der Waals surface area contributed by atoms with E-state index in [1.807, 2.05) is 42.7 Å². The first-order valence-electron chi connectivity index (χ1n) is 8.84. The van der Waals surface area contributed by atoms with Crippen LogP contribution in [0.4, 0.5) is 13.2 Å². The first kappa shape index (κ1) is 21.8. The van der Waals surface area contributed by atoms with Gasteiger partial charge in [0, 0.05) is 28.9 Å². The maximum Gasteiger partial charge on any atom is 0.490 e. The summed E-state index contributed by atoms with van der Waals surface area (Å²) in [5, 5.41) is 22.0. The number of thiophene rings is 1. The van der Waals surface area contributed by atoms with Crippen LogP contribution in [-0.2, 0) is 11.3 Å². The average molecular weight is 437 g/mol. The summed E-state index contributed by atoms with van der Waals surface area (Å²) >= 11 is 1.65. The normalized spacial score (nSPS) is 12.5. The van der Waals surface area contributed by atoms with Gasteiger partial charge in [0.2, 0.25) is 0 Å². The van der Waals surface area contributed by atoms with Crippen LogP contribution in [0.1, 0.15) is 16.7 Å². The fourth-order valence-electron chi connectivity index (χ4n) is 2.72. The molecule has 0 saturated carbocycles. The number of hydrogen-bond acceptors (Lipinski definition) is 5. The Morgan fingerprint density at radius 1 is 1.20 bits per heavy atom. The molecule has 0 radical (unpaired) electrons. The number of benzene rings is 1. The zero-order valence-corrected chi connectivity index (χ0v) is 16.3. The van der Waals surface area contributed by atoms with Crippen molar-refractivity contribution in [3.8, 4) is 0 Å². The molecule has 0 bridgehead atoms. The van der Waals surface area contributed by atoms with Crippen LogP contribution in [0, 0.1) is 0 Å². The topological polar surface area (TPSA) is 86.9 Å². The second kappa shape index (κ2) is 9.24. The Hall–Kier alpha value is -2.95. The lowest BCUT2D eigenvalue weighted by molar-refractivity contribution is -0.192. The molecule has 0 saturated heterocycles. The van der Waals surface area contributed by atoms with Crippen LogP contribution in [0.5, 0.6) is 0 Å². The Kier molecular flexibility index (Phi) is 6.70. The Morgan fingerprint density at radius 3 is 2.60 bits per heavy atom. The number of nitrogens with one attached hydrogen (secondary N) is 1. The number of halogens is 3. The van der Waals surface area contributed by atoms with Crippen molar-refractivity contribution in [1.82, 2.24) is 14.7 Å². The van der Waals surface area contributed by atoms with Crippen LogP contribution in [-0.4, -0.2) is 38.3 Å². The number of aliphatic carboxylic acids is 1. The number of rotatable bonds is 5. The molecular weight excluding hydrogens is 419 g/mol. The highest BCUT2D eigenvalue weighted by Gasteiger charge is 2.38. The molecule has 0 fully saturated rings. The van der Waals surface area contributed by atoms with Gasteiger partial charge < -0.3 is 19.9 Å². The van der Waals surface area contributed by atoms with Gasteiger partial charge in [-0.25, -0.2) is 9.78 Å². The number of imidazole rings is 1. The van der Waals surface area contributed by atoms with Gasteiger partial charge in [-0.05, 0) is 29.7 Å². The van der Waals surface area contributed by atoms with Crippen molar-refractivity contribution >= 4 is 33.0 Å². The van der Waals surface area contributed by atoms with E-state index in [0.29, 0.717) is 13.1 Å². The molecule has 0 amide bonds. The second-order valence-electron chi connectivity index (χ2n) is 6.31. The van der Waals surface area contributed by atoms with Crippen molar-refractivity contribution in [2.45, 2.75) is 18.8 Å². The molecule has 30 heavy (non-hydrogen) atoms. The maximum atomic E-state index is 10.6. The van der Waals surface area contributed by atoms with Crippen molar-refractivity contribution in [2.24, 2.45) is 0 Å². The molecule has 10 heteroatoms. The third-order valence-electron chi connectivity index (χ3n) is 4.15. The summed E-state index contributed by atoms with van der Waals surface area (Å²) < 4.78 is 35.0. The van der Waals surface area contributed by atoms with Crippen molar-refractivity contribution in [2.75, 3.05) is 6.54 Å². The van der Waals surface area contributed by atoms with Crippen molar-refractivity contribution < 1.29 is 28.2 Å². The molecule has 1 atom stereocenters. The number of nitrogens with zero attached hydrogens (tertiary/aromatic N) is 2. The molecule has 0 aliphatic heterocycles. The SMILES string of the molecule is O=C(O)C(F)(F)F.OC(CNCc1cnc2ccccn12)c1cc2ccccc2s1. The number of aliphatic hydroxyl groups is 1. The zero-order chi connectivity index (χ0) is 21.7. The molecule has 6 nitrogen and oxygen atoms in total. The van der Waals surface area contributed by atoms with E-state index >= 15 is 0 Å². The first-order valence-corrected chi connectivity index (χ1v) is 9.65. The van der Waals surface area contributed by atoms with Gasteiger partial charge in [0.15, 0.2) is 0 Å². The molecule has 1 aromatic carbocycles. The van der Waals surface area contributed by atoms with Gasteiger partial charge in [0.1, 0.15) is 11.8 Å². The fourth-order valence-corrected chi connectivity index (χ4v) is 3.77. The van der Waals surface area contributed by atoms with Crippen LogP contribution >= 0.6 is 11.3 Å². The molecule has 4 rings (SSSR count). The third kappa shape index (κ3) is 5.35. The largest absolute Gasteiger partial charge is 0.490 e. The molecule has 3 N–H and O–H groups in total. The van der Waals surface area contributed by atoms with E-state index in [4.69, 9.17) is 9.90 Å². The predicted molar refractivity (Wildman–Crippen MR) is 107 cm³/mol. The smallest absolute Gasteiger partial charge is 0.475 e. The van der Waals surface area contributed by atoms with Crippen LogP contribution in [0.25, 0.3) is 15.7 Å². The Bertz CT molecular complexity index is 1110. The van der Waals surface area contributed by atoms with E-state index in [2.05, 4.69) is 32.9 Å². The van der Waals surface area contributed by atoms with Gasteiger partial charge in [-0.3, -0.25) is 0 Å². The summed E-state index contributed by atoms with van der Waals surface area (Å²) in [5.74, 6) is -2.76. The second-order valence-corrected chi connectivity index (χ2v) is 7.43. The highest BCUT2D eigenvalue weighted by Crippen LogP contribution is 2.29. The number of aromatic nitrogens is 2. The minimum Gasteiger partial charge on any atom is -0.475 e. The quantitative estimate of drug-likeness (QED) is 0.439.